The minimum Gasteiger partial charge on any atom is -0.103 e. The first-order chi connectivity index (χ1) is 11.8. The van der Waals surface area contributed by atoms with Crippen molar-refractivity contribution < 1.29 is 0 Å². The van der Waals surface area contributed by atoms with E-state index in [0.29, 0.717) is 5.92 Å². The van der Waals surface area contributed by atoms with Gasteiger partial charge in [0.25, 0.3) is 0 Å². The molecule has 0 aromatic rings. The molecule has 1 unspecified atom stereocenters. The largest absolute Gasteiger partial charge is 0.103 e. The lowest BCUT2D eigenvalue weighted by atomic mass is 9.81. The van der Waals surface area contributed by atoms with Crippen LogP contribution in [0.4, 0.5) is 0 Å². The van der Waals surface area contributed by atoms with Crippen LogP contribution in [0.5, 0.6) is 0 Å². The molecule has 0 nitrogen and oxygen atoms in total. The number of allylic oxidation sites excluding steroid dienone is 3. The molecule has 0 rings (SSSR count). The Hall–Kier alpha value is -0.780. The molecule has 0 spiro atoms. The van der Waals surface area contributed by atoms with Crippen LogP contribution >= 0.6 is 0 Å². The lowest BCUT2D eigenvalue weighted by Gasteiger charge is -2.24. The van der Waals surface area contributed by atoms with Gasteiger partial charge >= 0.3 is 0 Å². The first-order valence-electron chi connectivity index (χ1n) is 10.6. The van der Waals surface area contributed by atoms with Gasteiger partial charge in [0.2, 0.25) is 0 Å². The number of hydrogen-bond acceptors (Lipinski definition) is 0. The Morgan fingerprint density at radius 3 is 1.33 bits per heavy atom. The Morgan fingerprint density at radius 1 is 0.542 bits per heavy atom. The van der Waals surface area contributed by atoms with E-state index in [0.717, 1.165) is 25.2 Å². The normalized spacial score (nSPS) is 12.2. The molecule has 1 atom stereocenters. The lowest BCUT2D eigenvalue weighted by molar-refractivity contribution is 0.308. The fourth-order valence-electron chi connectivity index (χ4n) is 3.74. The molecule has 0 aromatic heterocycles. The van der Waals surface area contributed by atoms with Gasteiger partial charge in [0.15, 0.2) is 0 Å². The first-order valence-corrected chi connectivity index (χ1v) is 10.6. The molecule has 0 saturated heterocycles. The summed E-state index contributed by atoms with van der Waals surface area (Å²) in [7, 11) is 0. The quantitative estimate of drug-likeness (QED) is 0.164. The van der Waals surface area contributed by atoms with Crippen LogP contribution in [-0.2, 0) is 0 Å². The van der Waals surface area contributed by atoms with Crippen molar-refractivity contribution in [3.8, 4) is 0 Å². The van der Waals surface area contributed by atoms with Crippen LogP contribution in [0.3, 0.4) is 0 Å². The lowest BCUT2D eigenvalue weighted by Crippen LogP contribution is -2.13. The van der Waals surface area contributed by atoms with Crippen molar-refractivity contribution >= 4 is 0 Å². The zero-order valence-electron chi connectivity index (χ0n) is 16.6. The molecule has 0 aromatic carbocycles. The van der Waals surface area contributed by atoms with Gasteiger partial charge in [-0.05, 0) is 37.5 Å². The number of unbranched alkanes of at least 4 members (excludes halogenated alkanes) is 10. The summed E-state index contributed by atoms with van der Waals surface area (Å²) in [6.45, 7) is 14.1. The maximum Gasteiger partial charge on any atom is -0.0314 e. The summed E-state index contributed by atoms with van der Waals surface area (Å²) in [6, 6.07) is 0. The molecule has 0 fully saturated rings. The van der Waals surface area contributed by atoms with Gasteiger partial charge in [-0.2, -0.15) is 0 Å². The highest BCUT2D eigenvalue weighted by Crippen LogP contribution is 2.29. The Morgan fingerprint density at radius 2 is 0.917 bits per heavy atom. The predicted octanol–water partition coefficient (Wildman–Crippen LogP) is 8.65. The summed E-state index contributed by atoms with van der Waals surface area (Å²) >= 11 is 0. The number of rotatable bonds is 19. The van der Waals surface area contributed by atoms with E-state index in [1.165, 1.54) is 77.0 Å². The summed E-state index contributed by atoms with van der Waals surface area (Å²) in [5, 5.41) is 0. The molecule has 0 radical (unpaired) electrons. The van der Waals surface area contributed by atoms with Crippen LogP contribution in [0.1, 0.15) is 103 Å². The Balaban J connectivity index is 3.71. The van der Waals surface area contributed by atoms with E-state index in [1.807, 2.05) is 0 Å². The van der Waals surface area contributed by atoms with Crippen molar-refractivity contribution in [1.29, 1.82) is 0 Å². The zero-order valence-corrected chi connectivity index (χ0v) is 16.6. The molecular weight excluding hydrogens is 288 g/mol. The standard InChI is InChI=1S/C24H44/c1-5-9-10-11-12-13-14-15-16-17-18-22-24(21-8-4)23(19-6-2)20-7-3/h6-8,23-24H,2-5,9-22H2,1H3. The van der Waals surface area contributed by atoms with Gasteiger partial charge in [-0.1, -0.05) is 95.8 Å². The highest BCUT2D eigenvalue weighted by atomic mass is 14.2. The maximum absolute atomic E-state index is 3.96. The highest BCUT2D eigenvalue weighted by molar-refractivity contribution is 4.86. The van der Waals surface area contributed by atoms with E-state index in [9.17, 15) is 0 Å². The minimum absolute atomic E-state index is 0.709. The van der Waals surface area contributed by atoms with E-state index in [4.69, 9.17) is 0 Å². The van der Waals surface area contributed by atoms with Gasteiger partial charge in [0.1, 0.15) is 0 Å². The summed E-state index contributed by atoms with van der Waals surface area (Å²) in [6.07, 6.45) is 26.6. The van der Waals surface area contributed by atoms with Crippen molar-refractivity contribution in [1.82, 2.24) is 0 Å². The van der Waals surface area contributed by atoms with E-state index >= 15 is 0 Å². The van der Waals surface area contributed by atoms with Crippen LogP contribution in [0.2, 0.25) is 0 Å². The molecule has 0 N–H and O–H groups in total. The fourth-order valence-corrected chi connectivity index (χ4v) is 3.74. The second-order valence-corrected chi connectivity index (χ2v) is 7.42. The Kier molecular flexibility index (Phi) is 18.0. The van der Waals surface area contributed by atoms with Crippen LogP contribution in [0.15, 0.2) is 38.0 Å². The van der Waals surface area contributed by atoms with E-state index in [-0.39, 0.29) is 0 Å². The molecule has 0 saturated carbocycles. The molecule has 0 amide bonds. The van der Waals surface area contributed by atoms with Crippen molar-refractivity contribution in [2.24, 2.45) is 11.8 Å². The van der Waals surface area contributed by atoms with Crippen molar-refractivity contribution in [3.05, 3.63) is 38.0 Å². The third-order valence-electron chi connectivity index (χ3n) is 5.25. The van der Waals surface area contributed by atoms with E-state index < -0.39 is 0 Å². The first kappa shape index (κ1) is 23.2. The van der Waals surface area contributed by atoms with Gasteiger partial charge in [-0.15, -0.1) is 19.7 Å². The maximum atomic E-state index is 3.96. The van der Waals surface area contributed by atoms with Crippen molar-refractivity contribution in [3.63, 3.8) is 0 Å². The van der Waals surface area contributed by atoms with Gasteiger partial charge in [0.05, 0.1) is 0 Å². The van der Waals surface area contributed by atoms with Crippen molar-refractivity contribution in [2.45, 2.75) is 103 Å². The van der Waals surface area contributed by atoms with Gasteiger partial charge in [-0.3, -0.25) is 0 Å². The van der Waals surface area contributed by atoms with Crippen LogP contribution in [0, 0.1) is 11.8 Å². The van der Waals surface area contributed by atoms with Crippen molar-refractivity contribution in [2.75, 3.05) is 0 Å². The molecule has 0 aliphatic heterocycles. The summed E-state index contributed by atoms with van der Waals surface area (Å²) < 4.78 is 0. The highest BCUT2D eigenvalue weighted by Gasteiger charge is 2.17. The van der Waals surface area contributed by atoms with Gasteiger partial charge in [0, 0.05) is 0 Å². The van der Waals surface area contributed by atoms with Gasteiger partial charge in [-0.25, -0.2) is 0 Å². The smallest absolute Gasteiger partial charge is 0.0314 e. The Labute approximate surface area is 153 Å². The summed E-state index contributed by atoms with van der Waals surface area (Å²) in [4.78, 5) is 0. The molecule has 0 bridgehead atoms. The van der Waals surface area contributed by atoms with Gasteiger partial charge < -0.3 is 0 Å². The molecule has 0 heteroatoms. The average molecular weight is 333 g/mol. The SMILES string of the molecule is C=CCC(CC=C)C(CC=C)CCCCCCCCCCCCC. The molecule has 140 valence electrons. The summed E-state index contributed by atoms with van der Waals surface area (Å²) in [5.41, 5.74) is 0. The van der Waals surface area contributed by atoms with Crippen LogP contribution in [0.25, 0.3) is 0 Å². The molecule has 24 heavy (non-hydrogen) atoms. The predicted molar refractivity (Wildman–Crippen MR) is 113 cm³/mol. The molecular formula is C24H44. The minimum atomic E-state index is 0.709. The number of hydrogen-bond donors (Lipinski definition) is 0. The molecule has 0 heterocycles. The molecule has 0 aliphatic carbocycles. The van der Waals surface area contributed by atoms with Crippen LogP contribution < -0.4 is 0 Å². The second kappa shape index (κ2) is 18.6. The summed E-state index contributed by atoms with van der Waals surface area (Å²) in [5.74, 6) is 1.47. The van der Waals surface area contributed by atoms with E-state index in [2.05, 4.69) is 44.9 Å². The van der Waals surface area contributed by atoms with E-state index in [1.54, 1.807) is 0 Å². The zero-order chi connectivity index (χ0) is 17.9. The van der Waals surface area contributed by atoms with Crippen LogP contribution in [-0.4, -0.2) is 0 Å². The molecule has 0 aliphatic rings. The monoisotopic (exact) mass is 332 g/mol. The third kappa shape index (κ3) is 13.6. The second-order valence-electron chi connectivity index (χ2n) is 7.42. The Bertz CT molecular complexity index is 278. The third-order valence-corrected chi connectivity index (χ3v) is 5.25. The topological polar surface area (TPSA) is 0 Å². The fraction of sp³-hybridized carbons (Fsp3) is 0.750. The average Bonchev–Trinajstić information content (AvgIpc) is 2.58.